The molecule has 0 atom stereocenters. The molecule has 16 heavy (non-hydrogen) atoms. The average molecular weight is 223 g/mol. The lowest BCUT2D eigenvalue weighted by Gasteiger charge is -2.24. The van der Waals surface area contributed by atoms with Crippen LogP contribution in [0.3, 0.4) is 0 Å². The fourth-order valence-corrected chi connectivity index (χ4v) is 1.99. The van der Waals surface area contributed by atoms with Crippen molar-refractivity contribution < 1.29 is 0 Å². The number of pyridine rings is 1. The smallest absolute Gasteiger partial charge is 0.276 e. The van der Waals surface area contributed by atoms with Crippen molar-refractivity contribution in [2.24, 2.45) is 0 Å². The maximum atomic E-state index is 12.0. The van der Waals surface area contributed by atoms with Gasteiger partial charge >= 0.3 is 0 Å². The summed E-state index contributed by atoms with van der Waals surface area (Å²) in [6.45, 7) is 10.4. The lowest BCUT2D eigenvalue weighted by atomic mass is 10.2. The zero-order chi connectivity index (χ0) is 12.3. The SMILES string of the molecule is CCN(CC)c1cc(C)n(CC)c(=O)c1N. The summed E-state index contributed by atoms with van der Waals surface area (Å²) in [5.74, 6) is 0. The van der Waals surface area contributed by atoms with E-state index in [0.717, 1.165) is 24.5 Å². The van der Waals surface area contributed by atoms with Crippen molar-refractivity contribution >= 4 is 11.4 Å². The number of nitrogens with zero attached hydrogens (tertiary/aromatic N) is 2. The third kappa shape index (κ3) is 2.05. The molecule has 0 spiro atoms. The second-order valence-electron chi connectivity index (χ2n) is 3.81. The number of aromatic nitrogens is 1. The maximum absolute atomic E-state index is 12.0. The second-order valence-corrected chi connectivity index (χ2v) is 3.81. The van der Waals surface area contributed by atoms with Crippen molar-refractivity contribution in [2.45, 2.75) is 34.2 Å². The van der Waals surface area contributed by atoms with Crippen LogP contribution in [0.25, 0.3) is 0 Å². The van der Waals surface area contributed by atoms with Gasteiger partial charge in [0.05, 0.1) is 5.69 Å². The number of hydrogen-bond acceptors (Lipinski definition) is 3. The van der Waals surface area contributed by atoms with E-state index in [-0.39, 0.29) is 5.56 Å². The van der Waals surface area contributed by atoms with Crippen molar-refractivity contribution in [3.8, 4) is 0 Å². The number of aryl methyl sites for hydroxylation is 1. The third-order valence-corrected chi connectivity index (χ3v) is 2.94. The third-order valence-electron chi connectivity index (χ3n) is 2.94. The lowest BCUT2D eigenvalue weighted by Crippen LogP contribution is -2.30. The van der Waals surface area contributed by atoms with Crippen molar-refractivity contribution in [1.82, 2.24) is 4.57 Å². The molecule has 0 unspecified atom stereocenters. The van der Waals surface area contributed by atoms with E-state index in [1.807, 2.05) is 19.9 Å². The lowest BCUT2D eigenvalue weighted by molar-refractivity contribution is 0.700. The summed E-state index contributed by atoms with van der Waals surface area (Å²) < 4.78 is 1.70. The number of nitrogen functional groups attached to an aromatic ring is 1. The number of nitrogens with two attached hydrogens (primary N) is 1. The molecule has 1 heterocycles. The molecule has 0 saturated heterocycles. The Bertz CT molecular complexity index is 419. The fourth-order valence-electron chi connectivity index (χ4n) is 1.99. The molecular weight excluding hydrogens is 202 g/mol. The van der Waals surface area contributed by atoms with Gasteiger partial charge in [0.2, 0.25) is 0 Å². The van der Waals surface area contributed by atoms with Gasteiger partial charge in [-0.05, 0) is 33.8 Å². The van der Waals surface area contributed by atoms with Gasteiger partial charge in [0.15, 0.2) is 0 Å². The maximum Gasteiger partial charge on any atom is 0.276 e. The molecule has 0 aliphatic carbocycles. The van der Waals surface area contributed by atoms with E-state index < -0.39 is 0 Å². The average Bonchev–Trinajstić information content (AvgIpc) is 2.27. The van der Waals surface area contributed by atoms with E-state index in [2.05, 4.69) is 18.7 Å². The first-order valence-corrected chi connectivity index (χ1v) is 5.81. The van der Waals surface area contributed by atoms with Crippen LogP contribution in [0.1, 0.15) is 26.5 Å². The number of anilines is 2. The molecule has 0 radical (unpaired) electrons. The van der Waals surface area contributed by atoms with E-state index in [1.54, 1.807) is 4.57 Å². The van der Waals surface area contributed by atoms with E-state index in [9.17, 15) is 4.79 Å². The van der Waals surface area contributed by atoms with E-state index >= 15 is 0 Å². The van der Waals surface area contributed by atoms with Gasteiger partial charge < -0.3 is 15.2 Å². The fraction of sp³-hybridized carbons (Fsp3) is 0.583. The van der Waals surface area contributed by atoms with Gasteiger partial charge in [-0.2, -0.15) is 0 Å². The van der Waals surface area contributed by atoms with Gasteiger partial charge in [0, 0.05) is 25.3 Å². The molecule has 0 fully saturated rings. The van der Waals surface area contributed by atoms with Gasteiger partial charge in [-0.25, -0.2) is 0 Å². The minimum absolute atomic E-state index is 0.0793. The Balaban J connectivity index is 3.39. The minimum Gasteiger partial charge on any atom is -0.393 e. The van der Waals surface area contributed by atoms with Crippen LogP contribution in [-0.2, 0) is 6.54 Å². The number of rotatable bonds is 4. The van der Waals surface area contributed by atoms with Crippen LogP contribution < -0.4 is 16.2 Å². The molecule has 90 valence electrons. The molecule has 0 saturated carbocycles. The molecule has 0 bridgehead atoms. The van der Waals surface area contributed by atoms with E-state index in [4.69, 9.17) is 5.73 Å². The summed E-state index contributed by atoms with van der Waals surface area (Å²) in [5, 5.41) is 0. The summed E-state index contributed by atoms with van der Waals surface area (Å²) in [6, 6.07) is 1.99. The highest BCUT2D eigenvalue weighted by Gasteiger charge is 2.12. The van der Waals surface area contributed by atoms with Crippen LogP contribution in [0.15, 0.2) is 10.9 Å². The molecule has 1 rings (SSSR count). The van der Waals surface area contributed by atoms with Gasteiger partial charge in [-0.1, -0.05) is 0 Å². The Hall–Kier alpha value is -1.45. The molecule has 4 heteroatoms. The summed E-state index contributed by atoms with van der Waals surface area (Å²) in [4.78, 5) is 14.1. The first-order chi connectivity index (χ1) is 7.56. The molecule has 1 aromatic heterocycles. The van der Waals surface area contributed by atoms with Crippen molar-refractivity contribution in [3.05, 3.63) is 22.1 Å². The van der Waals surface area contributed by atoms with Crippen molar-refractivity contribution in [3.63, 3.8) is 0 Å². The standard InChI is InChI=1S/C12H21N3O/c1-5-14(6-2)10-8-9(4)15(7-3)12(16)11(10)13/h8H,5-7,13H2,1-4H3. The second kappa shape index (κ2) is 5.05. The molecule has 0 aliphatic heterocycles. The highest BCUT2D eigenvalue weighted by atomic mass is 16.1. The zero-order valence-corrected chi connectivity index (χ0v) is 10.6. The van der Waals surface area contributed by atoms with E-state index in [1.165, 1.54) is 0 Å². The summed E-state index contributed by atoms with van der Waals surface area (Å²) >= 11 is 0. The van der Waals surface area contributed by atoms with Crippen LogP contribution in [0.5, 0.6) is 0 Å². The van der Waals surface area contributed by atoms with Gasteiger partial charge in [-0.3, -0.25) is 4.79 Å². The highest BCUT2D eigenvalue weighted by molar-refractivity contribution is 5.67. The Kier molecular flexibility index (Phi) is 3.99. The minimum atomic E-state index is -0.0793. The Morgan fingerprint density at radius 1 is 1.31 bits per heavy atom. The normalized spacial score (nSPS) is 10.5. The first kappa shape index (κ1) is 12.6. The molecule has 0 aromatic carbocycles. The Morgan fingerprint density at radius 2 is 1.88 bits per heavy atom. The summed E-state index contributed by atoms with van der Waals surface area (Å²) in [5.41, 5.74) is 8.00. The monoisotopic (exact) mass is 223 g/mol. The van der Waals surface area contributed by atoms with Gasteiger partial charge in [-0.15, -0.1) is 0 Å². The van der Waals surface area contributed by atoms with Crippen LogP contribution in [0, 0.1) is 6.92 Å². The Morgan fingerprint density at radius 3 is 2.31 bits per heavy atom. The van der Waals surface area contributed by atoms with Gasteiger partial charge in [0.25, 0.3) is 5.56 Å². The topological polar surface area (TPSA) is 51.3 Å². The summed E-state index contributed by atoms with van der Waals surface area (Å²) in [7, 11) is 0. The Labute approximate surface area is 96.7 Å². The first-order valence-electron chi connectivity index (χ1n) is 5.81. The van der Waals surface area contributed by atoms with Gasteiger partial charge in [0.1, 0.15) is 5.69 Å². The van der Waals surface area contributed by atoms with E-state index in [0.29, 0.717) is 12.2 Å². The molecular formula is C12H21N3O. The number of hydrogen-bond donors (Lipinski definition) is 1. The molecule has 1 aromatic rings. The molecule has 4 nitrogen and oxygen atoms in total. The summed E-state index contributed by atoms with van der Waals surface area (Å²) in [6.07, 6.45) is 0. The molecule has 2 N–H and O–H groups in total. The van der Waals surface area contributed by atoms with Crippen LogP contribution in [-0.4, -0.2) is 17.7 Å². The quantitative estimate of drug-likeness (QED) is 0.843. The predicted molar refractivity (Wildman–Crippen MR) is 69.1 cm³/mol. The largest absolute Gasteiger partial charge is 0.393 e. The molecule has 0 aliphatic rings. The predicted octanol–water partition coefficient (Wildman–Crippen LogP) is 1.61. The van der Waals surface area contributed by atoms with Crippen molar-refractivity contribution in [1.29, 1.82) is 0 Å². The van der Waals surface area contributed by atoms with Crippen LogP contribution in [0.2, 0.25) is 0 Å². The zero-order valence-electron chi connectivity index (χ0n) is 10.6. The highest BCUT2D eigenvalue weighted by Crippen LogP contribution is 2.20. The molecule has 0 amide bonds. The van der Waals surface area contributed by atoms with Crippen LogP contribution >= 0.6 is 0 Å². The van der Waals surface area contributed by atoms with Crippen molar-refractivity contribution in [2.75, 3.05) is 23.7 Å². The van der Waals surface area contributed by atoms with Crippen LogP contribution in [0.4, 0.5) is 11.4 Å².